The summed E-state index contributed by atoms with van der Waals surface area (Å²) in [4.78, 5) is 52.9. The van der Waals surface area contributed by atoms with Gasteiger partial charge in [-0.15, -0.1) is 0 Å². The van der Waals surface area contributed by atoms with Crippen molar-refractivity contribution in [3.63, 3.8) is 0 Å². The highest BCUT2D eigenvalue weighted by atomic mass is 16.3. The van der Waals surface area contributed by atoms with Gasteiger partial charge in [-0.3, -0.25) is 19.2 Å². The van der Waals surface area contributed by atoms with E-state index < -0.39 is 58.2 Å². The van der Waals surface area contributed by atoms with Crippen LogP contribution in [0.15, 0.2) is 6.07 Å². The smallest absolute Gasteiger partial charge is 0.233 e. The number of hydrogen-bond donors (Lipinski definition) is 4. The second-order valence-corrected chi connectivity index (χ2v) is 9.10. The second-order valence-electron chi connectivity index (χ2n) is 9.10. The minimum Gasteiger partial charge on any atom is -0.507 e. The summed E-state index contributed by atoms with van der Waals surface area (Å²) in [6.45, 7) is 1.66. The standard InChI is InChI=1S/C22H25N3O6/c1-8-4-12(25(2)3)11-6-9-5-10-7-13(26)16(21(24)30)19(23)22(10,31)20(29)14(9)18(28)15(11)17(8)27/h4,9-10,14,16,23,27,31H,5-7H2,1-3H3,(H2,24,30). The van der Waals surface area contributed by atoms with Gasteiger partial charge in [0.15, 0.2) is 23.0 Å². The van der Waals surface area contributed by atoms with Crippen molar-refractivity contribution in [1.29, 1.82) is 5.41 Å². The van der Waals surface area contributed by atoms with Crippen molar-refractivity contribution in [1.82, 2.24) is 0 Å². The van der Waals surface area contributed by atoms with Crippen molar-refractivity contribution >= 4 is 34.7 Å². The topological polar surface area (TPSA) is 162 Å². The Balaban J connectivity index is 1.85. The third-order valence-electron chi connectivity index (χ3n) is 7.11. The molecule has 9 nitrogen and oxygen atoms in total. The molecule has 3 aliphatic carbocycles. The molecule has 3 aliphatic rings. The molecule has 4 rings (SSSR count). The van der Waals surface area contributed by atoms with Crippen LogP contribution < -0.4 is 10.6 Å². The number of phenols is 1. The Bertz CT molecular complexity index is 1080. The van der Waals surface area contributed by atoms with Gasteiger partial charge in [-0.05, 0) is 42.9 Å². The quantitative estimate of drug-likeness (QED) is 0.488. The first-order valence-corrected chi connectivity index (χ1v) is 10.2. The van der Waals surface area contributed by atoms with E-state index in [1.54, 1.807) is 13.0 Å². The van der Waals surface area contributed by atoms with E-state index in [-0.39, 0.29) is 24.2 Å². The van der Waals surface area contributed by atoms with Gasteiger partial charge in [0.2, 0.25) is 5.91 Å². The van der Waals surface area contributed by atoms with E-state index in [0.717, 1.165) is 5.69 Å². The lowest BCUT2D eigenvalue weighted by molar-refractivity contribution is -0.151. The van der Waals surface area contributed by atoms with Crippen molar-refractivity contribution in [2.24, 2.45) is 29.4 Å². The van der Waals surface area contributed by atoms with E-state index >= 15 is 0 Å². The third-order valence-corrected chi connectivity index (χ3v) is 7.11. The summed E-state index contributed by atoms with van der Waals surface area (Å²) < 4.78 is 0. The van der Waals surface area contributed by atoms with Gasteiger partial charge >= 0.3 is 0 Å². The largest absolute Gasteiger partial charge is 0.507 e. The van der Waals surface area contributed by atoms with Gasteiger partial charge in [-0.25, -0.2) is 0 Å². The Morgan fingerprint density at radius 3 is 2.48 bits per heavy atom. The summed E-state index contributed by atoms with van der Waals surface area (Å²) in [5, 5.41) is 30.2. The van der Waals surface area contributed by atoms with Crippen LogP contribution in [0.4, 0.5) is 5.69 Å². The van der Waals surface area contributed by atoms with Crippen LogP contribution in [-0.2, 0) is 20.8 Å². The maximum absolute atomic E-state index is 13.5. The number of aryl methyl sites for hydroxylation is 1. The van der Waals surface area contributed by atoms with Crippen LogP contribution in [0, 0.1) is 36.0 Å². The SMILES string of the molecule is Cc1cc(N(C)C)c2c(c1O)C(=O)C1C(=O)C3(O)C(=N)C(C(N)=O)C(=O)CC3CC1C2. The molecule has 2 fully saturated rings. The van der Waals surface area contributed by atoms with Gasteiger partial charge in [0.05, 0.1) is 17.2 Å². The summed E-state index contributed by atoms with van der Waals surface area (Å²) in [5.74, 6) is -7.70. The van der Waals surface area contributed by atoms with Gasteiger partial charge in [-0.2, -0.15) is 0 Å². The normalized spacial score (nSPS) is 32.3. The summed E-state index contributed by atoms with van der Waals surface area (Å²) in [6.07, 6.45) is 0.216. The number of Topliss-reactive ketones (excluding diaryl/α,β-unsaturated/α-hetero) is 3. The number of aliphatic hydroxyl groups is 1. The number of benzene rings is 1. The van der Waals surface area contributed by atoms with Crippen LogP contribution in [0.25, 0.3) is 0 Å². The molecule has 0 spiro atoms. The third kappa shape index (κ3) is 2.69. The number of fused-ring (bicyclic) bond motifs is 3. The van der Waals surface area contributed by atoms with Crippen LogP contribution in [0.1, 0.15) is 34.3 Å². The van der Waals surface area contributed by atoms with Crippen LogP contribution in [0.3, 0.4) is 0 Å². The predicted octanol–water partition coefficient (Wildman–Crippen LogP) is 0.152. The molecular formula is C22H25N3O6. The zero-order chi connectivity index (χ0) is 23.0. The molecule has 31 heavy (non-hydrogen) atoms. The Morgan fingerprint density at radius 1 is 1.26 bits per heavy atom. The summed E-state index contributed by atoms with van der Waals surface area (Å²) in [7, 11) is 3.64. The van der Waals surface area contributed by atoms with Gasteiger partial charge in [0, 0.05) is 32.1 Å². The Morgan fingerprint density at radius 2 is 1.90 bits per heavy atom. The molecule has 5 N–H and O–H groups in total. The lowest BCUT2D eigenvalue weighted by Crippen LogP contribution is -2.68. The van der Waals surface area contributed by atoms with Crippen LogP contribution in [0.5, 0.6) is 5.75 Å². The number of amides is 1. The zero-order valence-corrected chi connectivity index (χ0v) is 17.6. The molecule has 0 heterocycles. The number of anilines is 1. The van der Waals surface area contributed by atoms with E-state index in [9.17, 15) is 29.4 Å². The predicted molar refractivity (Wildman–Crippen MR) is 110 cm³/mol. The Hall–Kier alpha value is -3.07. The van der Waals surface area contributed by atoms with Crippen LogP contribution in [0.2, 0.25) is 0 Å². The van der Waals surface area contributed by atoms with Crippen molar-refractivity contribution in [2.75, 3.05) is 19.0 Å². The van der Waals surface area contributed by atoms with Crippen LogP contribution >= 0.6 is 0 Å². The molecule has 1 amide bonds. The van der Waals surface area contributed by atoms with Gasteiger partial charge < -0.3 is 26.3 Å². The lowest BCUT2D eigenvalue weighted by Gasteiger charge is -2.50. The fourth-order valence-corrected chi connectivity index (χ4v) is 5.60. The fraction of sp³-hybridized carbons (Fsp3) is 0.500. The van der Waals surface area contributed by atoms with E-state index in [0.29, 0.717) is 17.5 Å². The number of ketones is 3. The van der Waals surface area contributed by atoms with Gasteiger partial charge in [-0.1, -0.05) is 0 Å². The van der Waals surface area contributed by atoms with Gasteiger partial charge in [0.25, 0.3) is 0 Å². The van der Waals surface area contributed by atoms with Crippen LogP contribution in [-0.4, -0.2) is 58.9 Å². The first-order valence-electron chi connectivity index (χ1n) is 10.2. The highest BCUT2D eigenvalue weighted by Crippen LogP contribution is 2.51. The maximum atomic E-state index is 13.5. The molecule has 0 aromatic heterocycles. The summed E-state index contributed by atoms with van der Waals surface area (Å²) in [5.41, 5.74) is 4.04. The lowest BCUT2D eigenvalue weighted by atomic mass is 9.53. The number of hydrogen-bond acceptors (Lipinski definition) is 8. The molecule has 5 atom stereocenters. The molecule has 5 unspecified atom stereocenters. The molecule has 2 saturated carbocycles. The van der Waals surface area contributed by atoms with Gasteiger partial charge in [0.1, 0.15) is 11.7 Å². The summed E-state index contributed by atoms with van der Waals surface area (Å²) >= 11 is 0. The number of primary amides is 1. The number of rotatable bonds is 2. The molecule has 1 aromatic carbocycles. The number of nitrogens with zero attached hydrogens (tertiary/aromatic N) is 1. The minimum atomic E-state index is -2.40. The van der Waals surface area contributed by atoms with Crippen molar-refractivity contribution in [3.8, 4) is 5.75 Å². The highest BCUT2D eigenvalue weighted by Gasteiger charge is 2.64. The molecule has 0 bridgehead atoms. The highest BCUT2D eigenvalue weighted by molar-refractivity contribution is 6.32. The molecular weight excluding hydrogens is 402 g/mol. The molecule has 9 heteroatoms. The van der Waals surface area contributed by atoms with Crippen molar-refractivity contribution in [2.45, 2.75) is 31.8 Å². The molecule has 0 radical (unpaired) electrons. The Kier molecular flexibility index (Phi) is 4.59. The zero-order valence-electron chi connectivity index (χ0n) is 17.6. The molecule has 1 aromatic rings. The van der Waals surface area contributed by atoms with E-state index in [1.165, 1.54) is 0 Å². The van der Waals surface area contributed by atoms with E-state index in [4.69, 9.17) is 11.1 Å². The van der Waals surface area contributed by atoms with E-state index in [2.05, 4.69) is 0 Å². The molecule has 164 valence electrons. The first-order chi connectivity index (χ1) is 14.4. The number of phenolic OH excluding ortho intramolecular Hbond substituents is 1. The molecule has 0 aliphatic heterocycles. The Labute approximate surface area is 178 Å². The number of carbonyl (C=O) groups is 4. The number of carbonyl (C=O) groups excluding carboxylic acids is 4. The first kappa shape index (κ1) is 21.2. The van der Waals surface area contributed by atoms with Crippen molar-refractivity contribution < 1.29 is 29.4 Å². The van der Waals surface area contributed by atoms with Crippen molar-refractivity contribution in [3.05, 3.63) is 22.8 Å². The average Bonchev–Trinajstić information content (AvgIpc) is 2.66. The van der Waals surface area contributed by atoms with E-state index in [1.807, 2.05) is 19.0 Å². The maximum Gasteiger partial charge on any atom is 0.233 e. The average molecular weight is 427 g/mol. The fourth-order valence-electron chi connectivity index (χ4n) is 5.60. The number of nitrogens with one attached hydrogen (secondary N) is 1. The second kappa shape index (κ2) is 6.71. The minimum absolute atomic E-state index is 0.0604. The monoisotopic (exact) mass is 427 g/mol. The number of aromatic hydroxyl groups is 1. The molecule has 0 saturated heterocycles. The summed E-state index contributed by atoms with van der Waals surface area (Å²) in [6, 6.07) is 1.78. The number of nitrogens with two attached hydrogens (primary N) is 1.